The molecule has 0 aromatic carbocycles. The maximum atomic E-state index is 11.7. The molecule has 2 aliphatic heterocycles. The second-order valence-electron chi connectivity index (χ2n) is 5.70. The first-order valence-corrected chi connectivity index (χ1v) is 6.97. The fraction of sp³-hybridized carbons (Fsp3) is 0.714. The van der Waals surface area contributed by atoms with Gasteiger partial charge in [-0.1, -0.05) is 6.42 Å². The van der Waals surface area contributed by atoms with E-state index in [1.807, 2.05) is 17.9 Å². The van der Waals surface area contributed by atoms with Gasteiger partial charge in [-0.25, -0.2) is 0 Å². The van der Waals surface area contributed by atoms with Gasteiger partial charge >= 0.3 is 0 Å². The van der Waals surface area contributed by atoms with Gasteiger partial charge in [0.15, 0.2) is 0 Å². The van der Waals surface area contributed by atoms with Crippen LogP contribution in [0.15, 0.2) is 12.4 Å². The molecule has 4 nitrogen and oxygen atoms in total. The lowest BCUT2D eigenvalue weighted by Crippen LogP contribution is -2.52. The van der Waals surface area contributed by atoms with Gasteiger partial charge in [0.2, 0.25) is 0 Å². The molecule has 2 fully saturated rings. The van der Waals surface area contributed by atoms with Crippen LogP contribution in [0.25, 0.3) is 0 Å². The van der Waals surface area contributed by atoms with Gasteiger partial charge in [0, 0.05) is 44.7 Å². The third-order valence-electron chi connectivity index (χ3n) is 4.36. The number of carbonyl (C=O) groups excluding carboxylic acids is 1. The zero-order valence-corrected chi connectivity index (χ0v) is 11.0. The fourth-order valence-corrected chi connectivity index (χ4v) is 3.49. The van der Waals surface area contributed by atoms with Crippen molar-refractivity contribution in [1.29, 1.82) is 0 Å². The molecule has 18 heavy (non-hydrogen) atoms. The van der Waals surface area contributed by atoms with Crippen LogP contribution in [-0.2, 0) is 18.3 Å². The molecule has 98 valence electrons. The predicted molar refractivity (Wildman–Crippen MR) is 69.3 cm³/mol. The Bertz CT molecular complexity index is 424. The van der Waals surface area contributed by atoms with E-state index in [1.165, 1.54) is 24.8 Å². The number of hydrogen-bond donors (Lipinski definition) is 0. The summed E-state index contributed by atoms with van der Waals surface area (Å²) in [6, 6.07) is 1.03. The lowest BCUT2D eigenvalue weighted by Gasteiger charge is -2.45. The molecule has 0 saturated carbocycles. The second-order valence-corrected chi connectivity index (χ2v) is 5.70. The van der Waals surface area contributed by atoms with Gasteiger partial charge in [-0.3, -0.25) is 14.4 Å². The molecule has 0 N–H and O–H groups in total. The highest BCUT2D eigenvalue weighted by Crippen LogP contribution is 2.32. The molecule has 3 heterocycles. The van der Waals surface area contributed by atoms with E-state index < -0.39 is 0 Å². The SMILES string of the molecule is Cn1cc(CCN2C3CCCC2CC(=O)C3)cn1. The quantitative estimate of drug-likeness (QED) is 0.813. The fourth-order valence-electron chi connectivity index (χ4n) is 3.49. The summed E-state index contributed by atoms with van der Waals surface area (Å²) in [6.45, 7) is 1.08. The number of aromatic nitrogens is 2. The number of piperidine rings is 2. The Balaban J connectivity index is 1.63. The van der Waals surface area contributed by atoms with Gasteiger partial charge in [0.1, 0.15) is 5.78 Å². The van der Waals surface area contributed by atoms with Crippen molar-refractivity contribution in [2.45, 2.75) is 50.6 Å². The zero-order valence-electron chi connectivity index (χ0n) is 11.0. The molecule has 2 saturated heterocycles. The van der Waals surface area contributed by atoms with E-state index in [0.29, 0.717) is 17.9 Å². The number of carbonyl (C=O) groups is 1. The maximum absolute atomic E-state index is 11.7. The third-order valence-corrected chi connectivity index (χ3v) is 4.36. The van der Waals surface area contributed by atoms with Crippen molar-refractivity contribution in [3.05, 3.63) is 18.0 Å². The van der Waals surface area contributed by atoms with E-state index in [0.717, 1.165) is 25.8 Å². The zero-order chi connectivity index (χ0) is 12.5. The van der Waals surface area contributed by atoms with Gasteiger partial charge < -0.3 is 0 Å². The Hall–Kier alpha value is -1.16. The molecule has 0 aliphatic carbocycles. The van der Waals surface area contributed by atoms with Crippen LogP contribution >= 0.6 is 0 Å². The number of nitrogens with zero attached hydrogens (tertiary/aromatic N) is 3. The summed E-state index contributed by atoms with van der Waals surface area (Å²) in [6.07, 6.45) is 10.4. The number of aryl methyl sites for hydroxylation is 1. The largest absolute Gasteiger partial charge is 0.300 e. The molecule has 1 aromatic rings. The minimum atomic E-state index is 0.474. The summed E-state index contributed by atoms with van der Waals surface area (Å²) < 4.78 is 1.86. The van der Waals surface area contributed by atoms with E-state index in [-0.39, 0.29) is 0 Å². The minimum Gasteiger partial charge on any atom is -0.300 e. The first-order valence-electron chi connectivity index (χ1n) is 6.97. The standard InChI is InChI=1S/C14H21N3O/c1-16-10-11(9-15-16)5-6-17-12-3-2-4-13(17)8-14(18)7-12/h9-10,12-13H,2-8H2,1H3. The highest BCUT2D eigenvalue weighted by atomic mass is 16.1. The molecule has 3 rings (SSSR count). The average molecular weight is 247 g/mol. The molecule has 0 radical (unpaired) electrons. The Kier molecular flexibility index (Phi) is 3.20. The number of rotatable bonds is 3. The lowest BCUT2D eigenvalue weighted by molar-refractivity contribution is -0.127. The highest BCUT2D eigenvalue weighted by Gasteiger charge is 2.36. The van der Waals surface area contributed by atoms with E-state index in [4.69, 9.17) is 0 Å². The summed E-state index contributed by atoms with van der Waals surface area (Å²) in [5.74, 6) is 0.474. The molecule has 0 spiro atoms. The van der Waals surface area contributed by atoms with Crippen molar-refractivity contribution in [1.82, 2.24) is 14.7 Å². The van der Waals surface area contributed by atoms with Crippen LogP contribution in [0.5, 0.6) is 0 Å². The molecule has 2 aliphatic rings. The van der Waals surface area contributed by atoms with Crippen LogP contribution < -0.4 is 0 Å². The minimum absolute atomic E-state index is 0.474. The summed E-state index contributed by atoms with van der Waals surface area (Å²) in [5, 5.41) is 4.21. The Labute approximate surface area is 108 Å². The topological polar surface area (TPSA) is 38.1 Å². The Morgan fingerprint density at radius 2 is 2.06 bits per heavy atom. The smallest absolute Gasteiger partial charge is 0.136 e. The van der Waals surface area contributed by atoms with Crippen molar-refractivity contribution in [3.63, 3.8) is 0 Å². The third kappa shape index (κ3) is 2.34. The summed E-state index contributed by atoms with van der Waals surface area (Å²) >= 11 is 0. The Morgan fingerprint density at radius 3 is 2.67 bits per heavy atom. The van der Waals surface area contributed by atoms with Crippen molar-refractivity contribution in [2.24, 2.45) is 7.05 Å². The van der Waals surface area contributed by atoms with Crippen molar-refractivity contribution < 1.29 is 4.79 Å². The first kappa shape index (κ1) is 11.9. The second kappa shape index (κ2) is 4.84. The number of ketones is 1. The van der Waals surface area contributed by atoms with E-state index in [9.17, 15) is 4.79 Å². The molecule has 1 aromatic heterocycles. The van der Waals surface area contributed by atoms with E-state index in [1.54, 1.807) is 0 Å². The van der Waals surface area contributed by atoms with Crippen LogP contribution in [0.2, 0.25) is 0 Å². The molecular formula is C14H21N3O. The Morgan fingerprint density at radius 1 is 1.33 bits per heavy atom. The van der Waals surface area contributed by atoms with Gasteiger partial charge in [0.25, 0.3) is 0 Å². The summed E-state index contributed by atoms with van der Waals surface area (Å²) in [5.41, 5.74) is 1.30. The van der Waals surface area contributed by atoms with Gasteiger partial charge in [-0.05, 0) is 24.8 Å². The monoisotopic (exact) mass is 247 g/mol. The van der Waals surface area contributed by atoms with Crippen LogP contribution in [0.1, 0.15) is 37.7 Å². The maximum Gasteiger partial charge on any atom is 0.136 e. The molecule has 2 unspecified atom stereocenters. The lowest BCUT2D eigenvalue weighted by atomic mass is 9.83. The highest BCUT2D eigenvalue weighted by molar-refractivity contribution is 5.80. The van der Waals surface area contributed by atoms with Gasteiger partial charge in [0.05, 0.1) is 6.20 Å². The summed E-state index contributed by atoms with van der Waals surface area (Å²) in [7, 11) is 1.96. The van der Waals surface area contributed by atoms with Gasteiger partial charge in [-0.2, -0.15) is 5.10 Å². The van der Waals surface area contributed by atoms with E-state index >= 15 is 0 Å². The molecule has 4 heteroatoms. The van der Waals surface area contributed by atoms with Crippen LogP contribution in [0.4, 0.5) is 0 Å². The van der Waals surface area contributed by atoms with Crippen molar-refractivity contribution >= 4 is 5.78 Å². The molecule has 2 bridgehead atoms. The summed E-state index contributed by atoms with van der Waals surface area (Å²) in [4.78, 5) is 14.2. The van der Waals surface area contributed by atoms with Crippen molar-refractivity contribution in [2.75, 3.05) is 6.54 Å². The number of fused-ring (bicyclic) bond motifs is 2. The van der Waals surface area contributed by atoms with Crippen molar-refractivity contribution in [3.8, 4) is 0 Å². The van der Waals surface area contributed by atoms with Crippen LogP contribution in [0.3, 0.4) is 0 Å². The van der Waals surface area contributed by atoms with Crippen LogP contribution in [0, 0.1) is 0 Å². The first-order chi connectivity index (χ1) is 8.72. The van der Waals surface area contributed by atoms with Crippen LogP contribution in [-0.4, -0.2) is 39.1 Å². The molecule has 0 amide bonds. The molecular weight excluding hydrogens is 226 g/mol. The predicted octanol–water partition coefficient (Wildman–Crippen LogP) is 1.55. The normalized spacial score (nSPS) is 28.6. The average Bonchev–Trinajstić information content (AvgIpc) is 2.72. The molecule has 2 atom stereocenters. The van der Waals surface area contributed by atoms with E-state index in [2.05, 4.69) is 16.2 Å². The number of hydrogen-bond acceptors (Lipinski definition) is 3. The van der Waals surface area contributed by atoms with Gasteiger partial charge in [-0.15, -0.1) is 0 Å². The number of Topliss-reactive ketones (excluding diaryl/α,β-unsaturated/α-hetero) is 1.